The molecule has 2 atom stereocenters. The van der Waals surface area contributed by atoms with Crippen LogP contribution in [0.25, 0.3) is 6.08 Å². The van der Waals surface area contributed by atoms with Crippen LogP contribution in [-0.4, -0.2) is 37.8 Å². The van der Waals surface area contributed by atoms with Gasteiger partial charge in [0.25, 0.3) is 0 Å². The molecule has 0 bridgehead atoms. The van der Waals surface area contributed by atoms with Crippen LogP contribution >= 0.6 is 0 Å². The van der Waals surface area contributed by atoms with Gasteiger partial charge in [-0.1, -0.05) is 55.0 Å². The van der Waals surface area contributed by atoms with Crippen LogP contribution in [0.15, 0.2) is 54.1 Å². The highest BCUT2D eigenvalue weighted by atomic mass is 16.5. The minimum absolute atomic E-state index is 0.0359. The van der Waals surface area contributed by atoms with Crippen LogP contribution in [0.4, 0.5) is 0 Å². The molecule has 0 saturated heterocycles. The van der Waals surface area contributed by atoms with Crippen molar-refractivity contribution in [2.75, 3.05) is 27.7 Å². The normalized spacial score (nSPS) is 15.6. The lowest BCUT2D eigenvalue weighted by Gasteiger charge is -2.37. The van der Waals surface area contributed by atoms with Crippen molar-refractivity contribution in [3.63, 3.8) is 0 Å². The van der Waals surface area contributed by atoms with Crippen LogP contribution < -0.4 is 4.74 Å². The second kappa shape index (κ2) is 8.52. The molecule has 26 heavy (non-hydrogen) atoms. The van der Waals surface area contributed by atoms with E-state index in [4.69, 9.17) is 4.74 Å². The summed E-state index contributed by atoms with van der Waals surface area (Å²) < 4.78 is 5.23. The summed E-state index contributed by atoms with van der Waals surface area (Å²) in [7, 11) is 5.74. The maximum absolute atomic E-state index is 11.8. The minimum atomic E-state index is -1.03. The molecule has 2 aromatic rings. The Bertz CT molecular complexity index is 749. The van der Waals surface area contributed by atoms with Crippen molar-refractivity contribution >= 4 is 6.08 Å². The minimum Gasteiger partial charge on any atom is -0.497 e. The lowest BCUT2D eigenvalue weighted by Crippen LogP contribution is -2.40. The van der Waals surface area contributed by atoms with E-state index in [0.29, 0.717) is 0 Å². The van der Waals surface area contributed by atoms with Crippen LogP contribution in [0.1, 0.15) is 30.5 Å². The van der Waals surface area contributed by atoms with Crippen molar-refractivity contribution in [2.45, 2.75) is 26.4 Å². The molecule has 0 aliphatic heterocycles. The topological polar surface area (TPSA) is 32.7 Å². The van der Waals surface area contributed by atoms with E-state index in [2.05, 4.69) is 37.0 Å². The number of benzene rings is 2. The highest BCUT2D eigenvalue weighted by molar-refractivity contribution is 5.57. The predicted octanol–water partition coefficient (Wildman–Crippen LogP) is 4.49. The number of ether oxygens (including phenoxy) is 1. The first-order valence-corrected chi connectivity index (χ1v) is 9.04. The van der Waals surface area contributed by atoms with Crippen molar-refractivity contribution in [1.29, 1.82) is 0 Å². The number of hydrogen-bond donors (Lipinski definition) is 1. The van der Waals surface area contributed by atoms with E-state index < -0.39 is 5.60 Å². The van der Waals surface area contributed by atoms with Crippen molar-refractivity contribution in [1.82, 2.24) is 4.90 Å². The van der Waals surface area contributed by atoms with Gasteiger partial charge in [-0.2, -0.15) is 0 Å². The number of aliphatic hydroxyl groups is 1. The fraction of sp³-hybridized carbons (Fsp3) is 0.391. The van der Waals surface area contributed by atoms with Crippen LogP contribution in [0.2, 0.25) is 0 Å². The number of aryl methyl sites for hydroxylation is 1. The first-order valence-electron chi connectivity index (χ1n) is 9.04. The third-order valence-electron chi connectivity index (χ3n) is 4.91. The van der Waals surface area contributed by atoms with E-state index in [1.165, 1.54) is 0 Å². The third-order valence-corrected chi connectivity index (χ3v) is 4.91. The molecule has 2 rings (SSSR count). The van der Waals surface area contributed by atoms with Gasteiger partial charge in [-0.25, -0.2) is 0 Å². The summed E-state index contributed by atoms with van der Waals surface area (Å²) in [5, 5.41) is 11.8. The molecular weight excluding hydrogens is 322 g/mol. The van der Waals surface area contributed by atoms with Crippen molar-refractivity contribution in [2.24, 2.45) is 5.92 Å². The van der Waals surface area contributed by atoms with Crippen molar-refractivity contribution in [3.05, 3.63) is 70.8 Å². The Morgan fingerprint density at radius 2 is 1.85 bits per heavy atom. The van der Waals surface area contributed by atoms with Gasteiger partial charge in [0.2, 0.25) is 0 Å². The van der Waals surface area contributed by atoms with Gasteiger partial charge in [0.05, 0.1) is 7.11 Å². The van der Waals surface area contributed by atoms with Gasteiger partial charge < -0.3 is 14.7 Å². The molecule has 0 aliphatic carbocycles. The van der Waals surface area contributed by atoms with E-state index in [9.17, 15) is 5.11 Å². The molecule has 0 saturated carbocycles. The summed E-state index contributed by atoms with van der Waals surface area (Å²) in [6.45, 7) is 6.97. The van der Waals surface area contributed by atoms with Crippen molar-refractivity contribution < 1.29 is 9.84 Å². The molecule has 0 radical (unpaired) electrons. The molecule has 0 heterocycles. The lowest BCUT2D eigenvalue weighted by molar-refractivity contribution is 0.0105. The summed E-state index contributed by atoms with van der Waals surface area (Å²) in [6, 6.07) is 16.1. The Morgan fingerprint density at radius 3 is 2.38 bits per heavy atom. The second-order valence-corrected chi connectivity index (χ2v) is 7.40. The average Bonchev–Trinajstić information content (AvgIpc) is 2.60. The number of rotatable bonds is 7. The van der Waals surface area contributed by atoms with Crippen LogP contribution in [0.5, 0.6) is 5.75 Å². The van der Waals surface area contributed by atoms with Gasteiger partial charge in [0.1, 0.15) is 11.4 Å². The van der Waals surface area contributed by atoms with Gasteiger partial charge in [0, 0.05) is 12.5 Å². The first-order chi connectivity index (χ1) is 12.3. The van der Waals surface area contributed by atoms with Crippen LogP contribution in [-0.2, 0) is 5.60 Å². The molecule has 0 fully saturated rings. The molecule has 0 aromatic heterocycles. The molecule has 2 unspecified atom stereocenters. The Labute approximate surface area is 157 Å². The fourth-order valence-electron chi connectivity index (χ4n) is 3.52. The summed E-state index contributed by atoms with van der Waals surface area (Å²) in [6.07, 6.45) is 2.06. The lowest BCUT2D eigenvalue weighted by atomic mass is 9.76. The molecule has 3 heteroatoms. The summed E-state index contributed by atoms with van der Waals surface area (Å²) in [5.74, 6) is 0.864. The number of nitrogens with zero attached hydrogens (tertiary/aromatic N) is 1. The van der Waals surface area contributed by atoms with E-state index in [1.54, 1.807) is 7.11 Å². The zero-order valence-corrected chi connectivity index (χ0v) is 16.8. The Morgan fingerprint density at radius 1 is 1.19 bits per heavy atom. The Balaban J connectivity index is 2.49. The molecule has 2 aromatic carbocycles. The Kier molecular flexibility index (Phi) is 6.63. The smallest absolute Gasteiger partial charge is 0.118 e. The van der Waals surface area contributed by atoms with Gasteiger partial charge in [-0.15, -0.1) is 0 Å². The molecule has 140 valence electrons. The van der Waals surface area contributed by atoms with Gasteiger partial charge in [-0.05, 0) is 56.8 Å². The Hall–Kier alpha value is -2.10. The largest absolute Gasteiger partial charge is 0.497 e. The summed E-state index contributed by atoms with van der Waals surface area (Å²) >= 11 is 0. The molecular formula is C23H31NO2. The zero-order chi connectivity index (χ0) is 19.3. The molecule has 0 aliphatic rings. The van der Waals surface area contributed by atoms with E-state index in [1.807, 2.05) is 57.4 Å². The summed E-state index contributed by atoms with van der Waals surface area (Å²) in [4.78, 5) is 2.12. The van der Waals surface area contributed by atoms with E-state index in [0.717, 1.165) is 34.6 Å². The maximum atomic E-state index is 11.8. The van der Waals surface area contributed by atoms with E-state index in [-0.39, 0.29) is 5.92 Å². The standard InChI is InChI=1S/C23H31NO2/c1-17-8-7-9-21(14-17)23(25,19(3)16-24(4)5)18(2)15-20-10-12-22(26-6)13-11-20/h7-15,19,25H,16H2,1-6H3. The average molecular weight is 354 g/mol. The van der Waals surface area contributed by atoms with Crippen LogP contribution in [0.3, 0.4) is 0 Å². The highest BCUT2D eigenvalue weighted by Gasteiger charge is 2.37. The zero-order valence-electron chi connectivity index (χ0n) is 16.8. The van der Waals surface area contributed by atoms with Gasteiger partial charge >= 0.3 is 0 Å². The van der Waals surface area contributed by atoms with Gasteiger partial charge in [0.15, 0.2) is 0 Å². The molecule has 0 amide bonds. The second-order valence-electron chi connectivity index (χ2n) is 7.40. The summed E-state index contributed by atoms with van der Waals surface area (Å²) in [5.41, 5.74) is 3.04. The number of hydrogen-bond acceptors (Lipinski definition) is 3. The fourth-order valence-corrected chi connectivity index (χ4v) is 3.52. The van der Waals surface area contributed by atoms with E-state index >= 15 is 0 Å². The monoisotopic (exact) mass is 353 g/mol. The quantitative estimate of drug-likeness (QED) is 0.796. The molecule has 0 spiro atoms. The number of methoxy groups -OCH3 is 1. The predicted molar refractivity (Wildman–Crippen MR) is 109 cm³/mol. The maximum Gasteiger partial charge on any atom is 0.118 e. The van der Waals surface area contributed by atoms with Crippen LogP contribution in [0, 0.1) is 12.8 Å². The molecule has 3 nitrogen and oxygen atoms in total. The first kappa shape index (κ1) is 20.2. The molecule has 1 N–H and O–H groups in total. The highest BCUT2D eigenvalue weighted by Crippen LogP contribution is 2.38. The van der Waals surface area contributed by atoms with Gasteiger partial charge in [-0.3, -0.25) is 0 Å². The SMILES string of the molecule is COc1ccc(C=C(C)C(O)(c2cccc(C)c2)C(C)CN(C)C)cc1. The third kappa shape index (κ3) is 4.54. The van der Waals surface area contributed by atoms with Crippen molar-refractivity contribution in [3.8, 4) is 5.75 Å².